The first kappa shape index (κ1) is 81.3. The van der Waals surface area contributed by atoms with Crippen molar-refractivity contribution in [2.45, 2.75) is 234 Å². The summed E-state index contributed by atoms with van der Waals surface area (Å²) >= 11 is 0. The molecule has 25 rings (SSSR count). The van der Waals surface area contributed by atoms with Gasteiger partial charge in [0.05, 0.1) is 57.5 Å². The molecule has 0 aromatic heterocycles. The molecule has 0 radical (unpaired) electrons. The topological polar surface area (TPSA) is 601 Å². The van der Waals surface area contributed by atoms with Crippen LogP contribution in [0.2, 0.25) is 0 Å². The van der Waals surface area contributed by atoms with Crippen molar-refractivity contribution in [1.82, 2.24) is 5.32 Å². The molecule has 21 aliphatic rings. The van der Waals surface area contributed by atoms with Gasteiger partial charge in [0.1, 0.15) is 177 Å². The summed E-state index contributed by atoms with van der Waals surface area (Å²) in [5, 5.41) is 235. The number of ether oxygens (including phenoxy) is 15. The van der Waals surface area contributed by atoms with Crippen molar-refractivity contribution >= 4 is 39.0 Å². The highest BCUT2D eigenvalue weighted by Crippen LogP contribution is 2.40. The second-order valence-corrected chi connectivity index (χ2v) is 27.2. The van der Waals surface area contributed by atoms with Crippen LogP contribution in [0.4, 0.5) is 5.69 Å². The van der Waals surface area contributed by atoms with Crippen LogP contribution in [0.5, 0.6) is 5.75 Å². The number of amides is 2. The number of carbonyl (C=O) groups is 2. The molecule has 14 bridgehead atoms. The van der Waals surface area contributed by atoms with Crippen molar-refractivity contribution in [2.24, 2.45) is 0 Å². The van der Waals surface area contributed by atoms with Crippen LogP contribution in [-0.4, -0.2) is 382 Å². The number of rotatable bonds is 16. The number of unbranched alkanes of at least 4 members (excludes halogenated alkanes) is 1. The first-order chi connectivity index (χ1) is 51.4. The van der Waals surface area contributed by atoms with E-state index >= 15 is 0 Å². The third-order valence-electron chi connectivity index (χ3n) is 20.3. The Bertz CT molecular complexity index is 3490. The van der Waals surface area contributed by atoms with Crippen LogP contribution in [0, 0.1) is 0 Å². The number of aliphatic hydroxyl groups is 20. The van der Waals surface area contributed by atoms with E-state index < -0.39 is 267 Å². The summed E-state index contributed by atoms with van der Waals surface area (Å²) in [6.45, 7) is -7.08. The van der Waals surface area contributed by atoms with E-state index in [1.807, 2.05) is 54.6 Å². The predicted molar refractivity (Wildman–Crippen MR) is 350 cm³/mol. The SMILES string of the molecule is O=C(CCCCOc1ccccc1NC(=O)c1c2ccccc2cc2ccccc12)NC[C@H]1O[C@@H]2O[C@H]3[C@H](O)[C@@H](O)[C@@H](O[C@H]4[C@H](O)[C@@H](O)[C@@H](O[C@H]5[C@H](O)[C@@H](O)[C@@H](O[C@H]6[C@H](O)[C@@H](O)[C@@H](O[C@H]7[C@H](O)[C@@H](O)[C@@H](O[C@H]8[C@H](O)[C@@H](O)[C@@H](O[C@H]1[C@H](O)[C@H]2O)O[C@@H]8CO)O[C@@H]7CO)O[C@@H]6CO)O[C@@H]5CO)O[C@@H]4CO)O[C@@H]3CO. The van der Waals surface area contributed by atoms with Crippen molar-refractivity contribution in [1.29, 1.82) is 0 Å². The highest BCUT2D eigenvalue weighted by atomic mass is 16.8. The Morgan fingerprint density at radius 3 is 0.935 bits per heavy atom. The average Bonchev–Trinajstić information content (AvgIpc) is 0.824. The van der Waals surface area contributed by atoms with Crippen LogP contribution in [0.15, 0.2) is 78.9 Å². The zero-order valence-electron chi connectivity index (χ0n) is 56.9. The Balaban J connectivity index is 0.769. The minimum Gasteiger partial charge on any atom is -0.491 e. The van der Waals surface area contributed by atoms with E-state index in [9.17, 15) is 112 Å². The molecule has 21 fully saturated rings. The highest BCUT2D eigenvalue weighted by molar-refractivity contribution is 6.22. The van der Waals surface area contributed by atoms with Crippen LogP contribution < -0.4 is 15.4 Å². The highest BCUT2D eigenvalue weighted by Gasteiger charge is 2.60. The summed E-state index contributed by atoms with van der Waals surface area (Å²) in [5.74, 6) is -0.689. The molecule has 22 N–H and O–H groups in total. The Morgan fingerprint density at radius 1 is 0.336 bits per heavy atom. The molecular weight excluding hydrogens is 1440 g/mol. The molecule has 0 aliphatic carbocycles. The van der Waals surface area contributed by atoms with Gasteiger partial charge in [-0.25, -0.2) is 0 Å². The zero-order valence-corrected chi connectivity index (χ0v) is 56.9. The van der Waals surface area contributed by atoms with Gasteiger partial charge in [0.25, 0.3) is 5.91 Å². The monoisotopic (exact) mass is 1530 g/mol. The number of fused-ring (bicyclic) bond motifs is 2. The third-order valence-corrected chi connectivity index (χ3v) is 20.3. The molecule has 107 heavy (non-hydrogen) atoms. The molecule has 35 atom stereocenters. The minimum atomic E-state index is -2.29. The zero-order chi connectivity index (χ0) is 76.4. The normalized spacial score (nSPS) is 43.0. The van der Waals surface area contributed by atoms with E-state index in [2.05, 4.69) is 10.6 Å². The minimum absolute atomic E-state index is 0.0572. The molecular formula is C68H92N2O37. The van der Waals surface area contributed by atoms with Gasteiger partial charge in [-0.15, -0.1) is 0 Å². The molecule has 39 heteroatoms. The molecule has 2 amide bonds. The second kappa shape index (κ2) is 35.6. The number of hydrogen-bond acceptors (Lipinski definition) is 37. The van der Waals surface area contributed by atoms with Gasteiger partial charge in [-0.3, -0.25) is 9.59 Å². The number of anilines is 1. The van der Waals surface area contributed by atoms with Crippen LogP contribution in [0.1, 0.15) is 29.6 Å². The summed E-state index contributed by atoms with van der Waals surface area (Å²) in [6.07, 6.45) is -71.7. The van der Waals surface area contributed by atoms with Gasteiger partial charge in [0.15, 0.2) is 44.0 Å². The molecule has 0 spiro atoms. The van der Waals surface area contributed by atoms with Gasteiger partial charge in [-0.1, -0.05) is 60.7 Å². The lowest BCUT2D eigenvalue weighted by Crippen LogP contribution is -2.68. The molecule has 21 aliphatic heterocycles. The maximum atomic E-state index is 14.1. The smallest absolute Gasteiger partial charge is 0.257 e. The lowest BCUT2D eigenvalue weighted by molar-refractivity contribution is -0.396. The Labute approximate surface area is 607 Å². The molecule has 596 valence electrons. The summed E-state index contributed by atoms with van der Waals surface area (Å²) in [5.41, 5.74) is 0.837. The van der Waals surface area contributed by atoms with Crippen molar-refractivity contribution in [3.8, 4) is 5.75 Å². The fraction of sp³-hybridized carbons (Fsp3) is 0.676. The molecule has 39 nitrogen and oxygen atoms in total. The van der Waals surface area contributed by atoms with Crippen LogP contribution >= 0.6 is 0 Å². The van der Waals surface area contributed by atoms with Gasteiger partial charge >= 0.3 is 0 Å². The lowest BCUT2D eigenvalue weighted by Gasteiger charge is -2.50. The second-order valence-electron chi connectivity index (χ2n) is 27.2. The number of nitrogens with one attached hydrogen (secondary N) is 2. The summed E-state index contributed by atoms with van der Waals surface area (Å²) in [4.78, 5) is 27.9. The fourth-order valence-electron chi connectivity index (χ4n) is 14.4. The summed E-state index contributed by atoms with van der Waals surface area (Å²) < 4.78 is 87.9. The van der Waals surface area contributed by atoms with E-state index in [1.165, 1.54) is 0 Å². The maximum absolute atomic E-state index is 14.1. The molecule has 21 heterocycles. The summed E-state index contributed by atoms with van der Waals surface area (Å²) in [7, 11) is 0. The van der Waals surface area contributed by atoms with Crippen LogP contribution in [-0.2, 0) is 71.1 Å². The van der Waals surface area contributed by atoms with Gasteiger partial charge in [-0.05, 0) is 52.6 Å². The van der Waals surface area contributed by atoms with E-state index in [-0.39, 0.29) is 31.8 Å². The number of hydrogen-bond donors (Lipinski definition) is 22. The van der Waals surface area contributed by atoms with Crippen molar-refractivity contribution in [3.05, 3.63) is 84.4 Å². The van der Waals surface area contributed by atoms with Gasteiger partial charge in [-0.2, -0.15) is 0 Å². The Hall–Kier alpha value is -5.22. The third kappa shape index (κ3) is 17.0. The van der Waals surface area contributed by atoms with Gasteiger partial charge in [0.2, 0.25) is 5.91 Å². The molecule has 4 aromatic carbocycles. The van der Waals surface area contributed by atoms with E-state index in [0.29, 0.717) is 17.0 Å². The first-order valence-corrected chi connectivity index (χ1v) is 35.0. The number of para-hydroxylation sites is 2. The molecule has 4 aromatic rings. The number of carbonyl (C=O) groups excluding carboxylic acids is 2. The number of benzene rings is 4. The van der Waals surface area contributed by atoms with Gasteiger partial charge < -0.3 is 184 Å². The van der Waals surface area contributed by atoms with Crippen molar-refractivity contribution in [3.63, 3.8) is 0 Å². The lowest BCUT2D eigenvalue weighted by atomic mass is 9.95. The van der Waals surface area contributed by atoms with Crippen molar-refractivity contribution < 1.29 is 183 Å². The van der Waals surface area contributed by atoms with Crippen molar-refractivity contribution in [2.75, 3.05) is 58.1 Å². The fourth-order valence-corrected chi connectivity index (χ4v) is 14.4. The maximum Gasteiger partial charge on any atom is 0.257 e. The van der Waals surface area contributed by atoms with Crippen LogP contribution in [0.3, 0.4) is 0 Å². The summed E-state index contributed by atoms with van der Waals surface area (Å²) in [6, 6.07) is 23.8. The number of aliphatic hydroxyl groups excluding tert-OH is 20. The standard InChI is InChI=1S/C68H92N2O37/c71-19-32-55-42(80)49(87)64(96-32)104-57-34(21-73)98-66(51(89)44(57)82)106-59-36(23-75)100-68(53(91)46(59)84)107-60-37(24-76)99-67(52(90)45(60)83)105-58-35(22-74)97-65(50(88)43(58)81)103-56-33(20-72)95-63(48(86)41(56)79)101-54-31(94-62(102-55)47(85)40(54)78)18-69-38(77)15-7-8-16-93-30-14-6-5-13-29(30)70-61(92)39-27-11-3-1-9-25(27)17-26-10-2-4-12-28(26)39/h1-6,9-14,17,31-37,40-60,62-68,71-76,78-91H,7-8,15-16,18-24H2,(H,69,77)(H,70,92)/t31-,32-,33-,34-,35-,36-,37-,40-,41-,42-,43-,44-,45-,46-,47-,48-,49-,50-,51-,52-,53-,54-,55-,56-,57-,58-,59-,60-,62-,63-,64-,65-,66-,67-,68-/m1/s1. The predicted octanol–water partition coefficient (Wildman–Crippen LogP) is -9.30. The molecule has 21 saturated heterocycles. The Morgan fingerprint density at radius 2 is 0.617 bits per heavy atom. The van der Waals surface area contributed by atoms with E-state index in [4.69, 9.17) is 71.1 Å². The Kier molecular flexibility index (Phi) is 27.1. The molecule has 0 saturated carbocycles. The largest absolute Gasteiger partial charge is 0.491 e. The van der Waals surface area contributed by atoms with Crippen LogP contribution in [0.25, 0.3) is 21.5 Å². The van der Waals surface area contributed by atoms with E-state index in [0.717, 1.165) is 21.5 Å². The first-order valence-electron chi connectivity index (χ1n) is 35.0. The average molecular weight is 1530 g/mol. The van der Waals surface area contributed by atoms with Gasteiger partial charge in [0, 0.05) is 13.0 Å². The molecule has 0 unspecified atom stereocenters. The van der Waals surface area contributed by atoms with E-state index in [1.54, 1.807) is 24.3 Å². The quantitative estimate of drug-likeness (QED) is 0.0366.